The summed E-state index contributed by atoms with van der Waals surface area (Å²) in [6, 6.07) is 7.10. The summed E-state index contributed by atoms with van der Waals surface area (Å²) in [6.07, 6.45) is 0. The van der Waals surface area contributed by atoms with E-state index in [0.29, 0.717) is 36.4 Å². The molecule has 1 aromatic carbocycles. The molecule has 6 nitrogen and oxygen atoms in total. The smallest absolute Gasteiger partial charge is 0.251 e. The third kappa shape index (κ3) is 5.17. The van der Waals surface area contributed by atoms with Crippen LogP contribution in [0.4, 0.5) is 0 Å². The summed E-state index contributed by atoms with van der Waals surface area (Å²) in [5, 5.41) is 6.79. The fourth-order valence-corrected chi connectivity index (χ4v) is 2.05. The Morgan fingerprint density at radius 1 is 1.30 bits per heavy atom. The molecular formula is C17H23N3O3. The molecule has 0 aliphatic rings. The minimum atomic E-state index is -0.146. The Labute approximate surface area is 136 Å². The molecule has 0 spiro atoms. The lowest BCUT2D eigenvalue weighted by atomic mass is 10.1. The fraction of sp³-hybridized carbons (Fsp3) is 0.471. The molecular weight excluding hydrogens is 294 g/mol. The lowest BCUT2D eigenvalue weighted by molar-refractivity contribution is 0.0792. The molecule has 0 unspecified atom stereocenters. The van der Waals surface area contributed by atoms with Crippen molar-refractivity contribution in [1.29, 1.82) is 0 Å². The first kappa shape index (κ1) is 17.1. The Kier molecular flexibility index (Phi) is 5.87. The first-order valence-corrected chi connectivity index (χ1v) is 7.75. The average molecular weight is 317 g/mol. The maximum Gasteiger partial charge on any atom is 0.251 e. The molecule has 0 aliphatic carbocycles. The van der Waals surface area contributed by atoms with E-state index < -0.39 is 0 Å². The zero-order valence-electron chi connectivity index (χ0n) is 14.0. The second-order valence-electron chi connectivity index (χ2n) is 6.02. The van der Waals surface area contributed by atoms with Gasteiger partial charge in [-0.15, -0.1) is 0 Å². The summed E-state index contributed by atoms with van der Waals surface area (Å²) in [6.45, 7) is 9.01. The van der Waals surface area contributed by atoms with Gasteiger partial charge in [-0.05, 0) is 25.0 Å². The van der Waals surface area contributed by atoms with Gasteiger partial charge in [0.15, 0.2) is 0 Å². The number of hydrogen-bond donors (Lipinski definition) is 1. The zero-order valence-corrected chi connectivity index (χ0v) is 14.0. The molecule has 2 rings (SSSR count). The molecule has 6 heteroatoms. The molecule has 0 fully saturated rings. The monoisotopic (exact) mass is 317 g/mol. The number of rotatable bonds is 7. The molecule has 0 saturated heterocycles. The van der Waals surface area contributed by atoms with Gasteiger partial charge in [0, 0.05) is 30.7 Å². The number of carbonyl (C=O) groups excluding carboxylic acids is 1. The molecule has 1 N–H and O–H groups in total. The van der Waals surface area contributed by atoms with Crippen molar-refractivity contribution < 1.29 is 14.1 Å². The number of amides is 1. The number of aromatic nitrogens is 2. The molecule has 1 atom stereocenters. The third-order valence-corrected chi connectivity index (χ3v) is 3.11. The van der Waals surface area contributed by atoms with Crippen LogP contribution in [0.2, 0.25) is 0 Å². The zero-order chi connectivity index (χ0) is 16.8. The molecule has 124 valence electrons. The van der Waals surface area contributed by atoms with E-state index >= 15 is 0 Å². The Morgan fingerprint density at radius 2 is 2.09 bits per heavy atom. The van der Waals surface area contributed by atoms with Crippen LogP contribution in [0.15, 0.2) is 28.8 Å². The maximum absolute atomic E-state index is 12.3. The number of nitrogens with one attached hydrogen (secondary N) is 1. The van der Waals surface area contributed by atoms with Crippen molar-refractivity contribution in [1.82, 2.24) is 15.5 Å². The van der Waals surface area contributed by atoms with Crippen LogP contribution in [-0.2, 0) is 4.74 Å². The summed E-state index contributed by atoms with van der Waals surface area (Å²) in [4.78, 5) is 16.5. The maximum atomic E-state index is 12.3. The van der Waals surface area contributed by atoms with Crippen LogP contribution in [0, 0.1) is 12.8 Å². The summed E-state index contributed by atoms with van der Waals surface area (Å²) in [7, 11) is 0. The van der Waals surface area contributed by atoms with Crippen molar-refractivity contribution in [3.63, 3.8) is 0 Å². The summed E-state index contributed by atoms with van der Waals surface area (Å²) in [5.74, 6) is 1.30. The number of benzene rings is 1. The predicted octanol–water partition coefficient (Wildman–Crippen LogP) is 2.84. The quantitative estimate of drug-likeness (QED) is 0.849. The first-order valence-electron chi connectivity index (χ1n) is 7.75. The topological polar surface area (TPSA) is 77.2 Å². The van der Waals surface area contributed by atoms with Crippen LogP contribution in [0.1, 0.15) is 37.0 Å². The van der Waals surface area contributed by atoms with Gasteiger partial charge in [-0.1, -0.05) is 31.1 Å². The lowest BCUT2D eigenvalue weighted by Crippen LogP contribution is -2.36. The highest BCUT2D eigenvalue weighted by molar-refractivity contribution is 5.95. The van der Waals surface area contributed by atoms with Crippen LogP contribution < -0.4 is 5.32 Å². The van der Waals surface area contributed by atoms with Crippen molar-refractivity contribution in [2.45, 2.75) is 33.7 Å². The van der Waals surface area contributed by atoms with Gasteiger partial charge < -0.3 is 14.6 Å². The predicted molar refractivity (Wildman–Crippen MR) is 87.1 cm³/mol. The molecule has 1 heterocycles. The molecule has 0 bridgehead atoms. The number of hydrogen-bond acceptors (Lipinski definition) is 5. The standard InChI is InChI=1S/C17H23N3O3/c1-11(2)9-22-10-12(3)18-17(21)15-7-5-6-14(8-15)16-19-13(4)23-20-16/h5-8,11-12H,9-10H2,1-4H3,(H,18,21)/t12-/m1/s1. The second-order valence-corrected chi connectivity index (χ2v) is 6.02. The van der Waals surface area contributed by atoms with Crippen LogP contribution >= 0.6 is 0 Å². The van der Waals surface area contributed by atoms with Crippen molar-refractivity contribution in [2.24, 2.45) is 5.92 Å². The second kappa shape index (κ2) is 7.87. The van der Waals surface area contributed by atoms with Gasteiger partial charge >= 0.3 is 0 Å². The van der Waals surface area contributed by atoms with E-state index in [4.69, 9.17) is 9.26 Å². The van der Waals surface area contributed by atoms with E-state index in [0.717, 1.165) is 5.56 Å². The minimum absolute atomic E-state index is 0.0580. The van der Waals surface area contributed by atoms with Crippen molar-refractivity contribution >= 4 is 5.91 Å². The van der Waals surface area contributed by atoms with Crippen molar-refractivity contribution in [3.05, 3.63) is 35.7 Å². The third-order valence-electron chi connectivity index (χ3n) is 3.11. The van der Waals surface area contributed by atoms with Crippen LogP contribution in [0.3, 0.4) is 0 Å². The van der Waals surface area contributed by atoms with E-state index in [9.17, 15) is 4.79 Å². The van der Waals surface area contributed by atoms with Gasteiger partial charge in [0.1, 0.15) is 0 Å². The van der Waals surface area contributed by atoms with E-state index in [2.05, 4.69) is 29.3 Å². The Balaban J connectivity index is 1.97. The van der Waals surface area contributed by atoms with Crippen molar-refractivity contribution in [3.8, 4) is 11.4 Å². The molecule has 1 amide bonds. The summed E-state index contributed by atoms with van der Waals surface area (Å²) >= 11 is 0. The highest BCUT2D eigenvalue weighted by Gasteiger charge is 2.13. The van der Waals surface area contributed by atoms with Crippen LogP contribution in [0.25, 0.3) is 11.4 Å². The van der Waals surface area contributed by atoms with E-state index in [1.165, 1.54) is 0 Å². The number of carbonyl (C=O) groups is 1. The van der Waals surface area contributed by atoms with Gasteiger partial charge in [0.25, 0.3) is 5.91 Å². The molecule has 0 saturated carbocycles. The fourth-order valence-electron chi connectivity index (χ4n) is 2.05. The van der Waals surface area contributed by atoms with Gasteiger partial charge in [-0.2, -0.15) is 4.98 Å². The van der Waals surface area contributed by atoms with E-state index in [1.807, 2.05) is 13.0 Å². The van der Waals surface area contributed by atoms with E-state index in [-0.39, 0.29) is 11.9 Å². The average Bonchev–Trinajstić information content (AvgIpc) is 2.93. The minimum Gasteiger partial charge on any atom is -0.379 e. The highest BCUT2D eigenvalue weighted by atomic mass is 16.5. The molecule has 0 aliphatic heterocycles. The van der Waals surface area contributed by atoms with Gasteiger partial charge in [-0.25, -0.2) is 0 Å². The Hall–Kier alpha value is -2.21. The van der Waals surface area contributed by atoms with Crippen molar-refractivity contribution in [2.75, 3.05) is 13.2 Å². The normalized spacial score (nSPS) is 12.4. The van der Waals surface area contributed by atoms with Gasteiger partial charge in [0.05, 0.1) is 6.61 Å². The van der Waals surface area contributed by atoms with Gasteiger partial charge in [-0.3, -0.25) is 4.79 Å². The molecule has 23 heavy (non-hydrogen) atoms. The highest BCUT2D eigenvalue weighted by Crippen LogP contribution is 2.17. The summed E-state index contributed by atoms with van der Waals surface area (Å²) in [5.41, 5.74) is 1.30. The number of aryl methyl sites for hydroxylation is 1. The molecule has 0 radical (unpaired) electrons. The molecule has 1 aromatic heterocycles. The first-order chi connectivity index (χ1) is 11.0. The van der Waals surface area contributed by atoms with Crippen LogP contribution in [-0.4, -0.2) is 35.3 Å². The summed E-state index contributed by atoms with van der Waals surface area (Å²) < 4.78 is 10.5. The Bertz CT molecular complexity index is 652. The number of nitrogens with zero attached hydrogens (tertiary/aromatic N) is 2. The SMILES string of the molecule is Cc1nc(-c2cccc(C(=O)N[C@H](C)COCC(C)C)c2)no1. The largest absolute Gasteiger partial charge is 0.379 e. The molecule has 2 aromatic rings. The van der Waals surface area contributed by atoms with E-state index in [1.54, 1.807) is 25.1 Å². The lowest BCUT2D eigenvalue weighted by Gasteiger charge is -2.15. The number of ether oxygens (including phenoxy) is 1. The van der Waals surface area contributed by atoms with Gasteiger partial charge in [0.2, 0.25) is 11.7 Å². The van der Waals surface area contributed by atoms with Crippen LogP contribution in [0.5, 0.6) is 0 Å². The Morgan fingerprint density at radius 3 is 2.74 bits per heavy atom.